The van der Waals surface area contributed by atoms with Crippen LogP contribution in [0.25, 0.3) is 0 Å². The summed E-state index contributed by atoms with van der Waals surface area (Å²) in [6.07, 6.45) is 0.0856. The van der Waals surface area contributed by atoms with Crippen molar-refractivity contribution in [3.05, 3.63) is 59.2 Å². The van der Waals surface area contributed by atoms with Crippen LogP contribution in [0.4, 0.5) is 0 Å². The summed E-state index contributed by atoms with van der Waals surface area (Å²) in [6.45, 7) is 10.4. The van der Waals surface area contributed by atoms with Gasteiger partial charge < -0.3 is 14.8 Å². The molecule has 0 radical (unpaired) electrons. The minimum absolute atomic E-state index is 0.111. The van der Waals surface area contributed by atoms with Crippen molar-refractivity contribution in [2.75, 3.05) is 6.61 Å². The Labute approximate surface area is 156 Å². The number of ether oxygens (including phenoxy) is 2. The smallest absolute Gasteiger partial charge is 0.261 e. The lowest BCUT2D eigenvalue weighted by atomic mass is 10.1. The number of rotatable bonds is 8. The van der Waals surface area contributed by atoms with E-state index in [1.807, 2.05) is 77.1 Å². The Kier molecular flexibility index (Phi) is 7.07. The molecule has 4 nitrogen and oxygen atoms in total. The predicted octanol–water partition coefficient (Wildman–Crippen LogP) is 4.35. The number of carbonyl (C=O) groups is 1. The van der Waals surface area contributed by atoms with Crippen molar-refractivity contribution in [2.24, 2.45) is 0 Å². The Morgan fingerprint density at radius 2 is 1.77 bits per heavy atom. The molecule has 0 heterocycles. The molecule has 2 aromatic rings. The standard InChI is InChI=1S/C22H29NO3/c1-6-20(26-21-9-7-8-16(3)18(21)5)22(24)23-17(4)14-25-19-12-10-15(2)11-13-19/h7-13,17,20H,6,14H2,1-5H3,(H,23,24)/t17-,20-/m0/s1. The molecule has 0 aliphatic heterocycles. The van der Waals surface area contributed by atoms with Gasteiger partial charge in [-0.25, -0.2) is 0 Å². The van der Waals surface area contributed by atoms with Gasteiger partial charge in [0.25, 0.3) is 5.91 Å². The van der Waals surface area contributed by atoms with Crippen LogP contribution in [0.1, 0.15) is 37.0 Å². The zero-order valence-electron chi connectivity index (χ0n) is 16.3. The first kappa shape index (κ1) is 19.8. The maximum atomic E-state index is 12.5. The van der Waals surface area contributed by atoms with Gasteiger partial charge in [0, 0.05) is 0 Å². The van der Waals surface area contributed by atoms with Gasteiger partial charge in [-0.05, 0) is 63.4 Å². The number of aryl methyl sites for hydroxylation is 2. The molecule has 0 unspecified atom stereocenters. The topological polar surface area (TPSA) is 47.6 Å². The first-order valence-electron chi connectivity index (χ1n) is 9.13. The summed E-state index contributed by atoms with van der Waals surface area (Å²) in [5, 5.41) is 2.98. The van der Waals surface area contributed by atoms with Gasteiger partial charge in [0.15, 0.2) is 6.10 Å². The average Bonchev–Trinajstić information content (AvgIpc) is 2.62. The number of benzene rings is 2. The van der Waals surface area contributed by atoms with Gasteiger partial charge in [0.05, 0.1) is 6.04 Å². The van der Waals surface area contributed by atoms with E-state index in [4.69, 9.17) is 9.47 Å². The Morgan fingerprint density at radius 1 is 1.08 bits per heavy atom. The molecule has 0 bridgehead atoms. The van der Waals surface area contributed by atoms with E-state index in [0.717, 1.165) is 22.6 Å². The van der Waals surface area contributed by atoms with Crippen LogP contribution in [0, 0.1) is 20.8 Å². The predicted molar refractivity (Wildman–Crippen MR) is 105 cm³/mol. The molecule has 0 aliphatic rings. The first-order valence-corrected chi connectivity index (χ1v) is 9.13. The Hall–Kier alpha value is -2.49. The number of amides is 1. The van der Waals surface area contributed by atoms with Crippen molar-refractivity contribution in [1.29, 1.82) is 0 Å². The van der Waals surface area contributed by atoms with Crippen LogP contribution >= 0.6 is 0 Å². The number of hydrogen-bond donors (Lipinski definition) is 1. The van der Waals surface area contributed by atoms with Crippen LogP contribution in [0.15, 0.2) is 42.5 Å². The van der Waals surface area contributed by atoms with Crippen LogP contribution < -0.4 is 14.8 Å². The van der Waals surface area contributed by atoms with Gasteiger partial charge >= 0.3 is 0 Å². The second kappa shape index (κ2) is 9.27. The van der Waals surface area contributed by atoms with E-state index in [-0.39, 0.29) is 11.9 Å². The minimum atomic E-state index is -0.516. The molecule has 2 aromatic carbocycles. The van der Waals surface area contributed by atoms with E-state index in [9.17, 15) is 4.79 Å². The molecule has 0 saturated carbocycles. The molecule has 0 saturated heterocycles. The highest BCUT2D eigenvalue weighted by atomic mass is 16.5. The fourth-order valence-corrected chi connectivity index (χ4v) is 2.56. The van der Waals surface area contributed by atoms with Crippen LogP contribution in [0.5, 0.6) is 11.5 Å². The molecule has 0 spiro atoms. The Morgan fingerprint density at radius 3 is 2.42 bits per heavy atom. The summed E-state index contributed by atoms with van der Waals surface area (Å²) >= 11 is 0. The highest BCUT2D eigenvalue weighted by Crippen LogP contribution is 2.22. The first-order chi connectivity index (χ1) is 12.4. The molecule has 1 N–H and O–H groups in total. The number of hydrogen-bond acceptors (Lipinski definition) is 3. The van der Waals surface area contributed by atoms with Crippen LogP contribution in [0.3, 0.4) is 0 Å². The minimum Gasteiger partial charge on any atom is -0.491 e. The second-order valence-electron chi connectivity index (χ2n) is 6.75. The lowest BCUT2D eigenvalue weighted by Crippen LogP contribution is -2.44. The fraction of sp³-hybridized carbons (Fsp3) is 0.409. The highest BCUT2D eigenvalue weighted by molar-refractivity contribution is 5.81. The third-order valence-corrected chi connectivity index (χ3v) is 4.40. The fourth-order valence-electron chi connectivity index (χ4n) is 2.56. The lowest BCUT2D eigenvalue weighted by Gasteiger charge is -2.22. The van der Waals surface area contributed by atoms with Gasteiger partial charge in [0.1, 0.15) is 18.1 Å². The Bertz CT molecular complexity index is 725. The molecule has 26 heavy (non-hydrogen) atoms. The van der Waals surface area contributed by atoms with Crippen LogP contribution in [-0.2, 0) is 4.79 Å². The van der Waals surface area contributed by atoms with Gasteiger partial charge in [-0.1, -0.05) is 36.8 Å². The largest absolute Gasteiger partial charge is 0.491 e. The van der Waals surface area contributed by atoms with Crippen molar-refractivity contribution in [3.8, 4) is 11.5 Å². The summed E-state index contributed by atoms with van der Waals surface area (Å²) in [5.41, 5.74) is 3.40. The zero-order valence-corrected chi connectivity index (χ0v) is 16.3. The summed E-state index contributed by atoms with van der Waals surface area (Å²) in [6, 6.07) is 13.6. The number of nitrogens with one attached hydrogen (secondary N) is 1. The molecule has 0 fully saturated rings. The van der Waals surface area contributed by atoms with E-state index in [2.05, 4.69) is 5.32 Å². The molecule has 1 amide bonds. The van der Waals surface area contributed by atoms with Crippen molar-refractivity contribution in [3.63, 3.8) is 0 Å². The van der Waals surface area contributed by atoms with E-state index < -0.39 is 6.10 Å². The second-order valence-corrected chi connectivity index (χ2v) is 6.75. The van der Waals surface area contributed by atoms with Crippen LogP contribution in [-0.4, -0.2) is 24.7 Å². The van der Waals surface area contributed by atoms with Gasteiger partial charge in [-0.3, -0.25) is 4.79 Å². The molecule has 4 heteroatoms. The summed E-state index contributed by atoms with van der Waals surface area (Å²) in [4.78, 5) is 12.5. The quantitative estimate of drug-likeness (QED) is 0.766. The maximum Gasteiger partial charge on any atom is 0.261 e. The van der Waals surface area contributed by atoms with Crippen molar-refractivity contribution >= 4 is 5.91 Å². The SMILES string of the molecule is CC[C@H](Oc1cccc(C)c1C)C(=O)N[C@@H](C)COc1ccc(C)cc1. The van der Waals surface area contributed by atoms with Crippen molar-refractivity contribution < 1.29 is 14.3 Å². The number of carbonyl (C=O) groups excluding carboxylic acids is 1. The molecule has 2 atom stereocenters. The molecular weight excluding hydrogens is 326 g/mol. The normalized spacial score (nSPS) is 13.0. The molecule has 0 aliphatic carbocycles. The molecule has 2 rings (SSSR count). The zero-order chi connectivity index (χ0) is 19.1. The average molecular weight is 355 g/mol. The maximum absolute atomic E-state index is 12.5. The summed E-state index contributed by atoms with van der Waals surface area (Å²) < 4.78 is 11.7. The van der Waals surface area contributed by atoms with Crippen molar-refractivity contribution in [2.45, 2.75) is 53.2 Å². The molecular formula is C22H29NO3. The third kappa shape index (κ3) is 5.51. The van der Waals surface area contributed by atoms with Gasteiger partial charge in [-0.2, -0.15) is 0 Å². The third-order valence-electron chi connectivity index (χ3n) is 4.40. The lowest BCUT2D eigenvalue weighted by molar-refractivity contribution is -0.129. The molecule has 0 aromatic heterocycles. The van der Waals surface area contributed by atoms with E-state index in [1.54, 1.807) is 0 Å². The van der Waals surface area contributed by atoms with E-state index >= 15 is 0 Å². The van der Waals surface area contributed by atoms with Gasteiger partial charge in [0.2, 0.25) is 0 Å². The van der Waals surface area contributed by atoms with E-state index in [1.165, 1.54) is 5.56 Å². The Balaban J connectivity index is 1.89. The van der Waals surface area contributed by atoms with Crippen LogP contribution in [0.2, 0.25) is 0 Å². The van der Waals surface area contributed by atoms with Gasteiger partial charge in [-0.15, -0.1) is 0 Å². The summed E-state index contributed by atoms with van der Waals surface area (Å²) in [7, 11) is 0. The summed E-state index contributed by atoms with van der Waals surface area (Å²) in [5.74, 6) is 1.44. The molecule has 140 valence electrons. The highest BCUT2D eigenvalue weighted by Gasteiger charge is 2.21. The monoisotopic (exact) mass is 355 g/mol. The van der Waals surface area contributed by atoms with Crippen molar-refractivity contribution in [1.82, 2.24) is 5.32 Å². The van der Waals surface area contributed by atoms with E-state index in [0.29, 0.717) is 13.0 Å².